The molecule has 1 unspecified atom stereocenters. The highest BCUT2D eigenvalue weighted by molar-refractivity contribution is 14.0. The lowest BCUT2D eigenvalue weighted by Crippen LogP contribution is -2.39. The quantitative estimate of drug-likeness (QED) is 0.215. The van der Waals surface area contributed by atoms with Crippen LogP contribution in [0.15, 0.2) is 66.2 Å². The van der Waals surface area contributed by atoms with Gasteiger partial charge < -0.3 is 20.5 Å². The molecule has 0 bridgehead atoms. The highest BCUT2D eigenvalue weighted by atomic mass is 127. The molecule has 0 saturated carbocycles. The summed E-state index contributed by atoms with van der Waals surface area (Å²) in [6.07, 6.45) is 2.64. The van der Waals surface area contributed by atoms with Gasteiger partial charge in [-0.2, -0.15) is 5.10 Å². The summed E-state index contributed by atoms with van der Waals surface area (Å²) in [6, 6.07) is 15.5. The molecule has 0 aliphatic carbocycles. The molecule has 3 N–H and O–H groups in total. The van der Waals surface area contributed by atoms with Crippen molar-refractivity contribution in [3.05, 3.63) is 72.3 Å². The Morgan fingerprint density at radius 3 is 2.41 bits per heavy atom. The van der Waals surface area contributed by atoms with Crippen LogP contribution in [0.3, 0.4) is 0 Å². The van der Waals surface area contributed by atoms with Gasteiger partial charge in [-0.3, -0.25) is 0 Å². The van der Waals surface area contributed by atoms with E-state index in [0.717, 1.165) is 29.1 Å². The first-order valence-corrected chi connectivity index (χ1v) is 10.5. The van der Waals surface area contributed by atoms with Crippen molar-refractivity contribution >= 4 is 29.9 Å². The SMILES string of the molecule is CCNC(=NCc1ccc(-n2cncn2)cc1)NCC(O)c1ccc(OC(C)C)cc1.I. The predicted molar refractivity (Wildman–Crippen MR) is 137 cm³/mol. The Kier molecular flexibility index (Phi) is 10.4. The number of nitrogens with zero attached hydrogens (tertiary/aromatic N) is 4. The van der Waals surface area contributed by atoms with Crippen molar-refractivity contribution in [2.24, 2.45) is 4.99 Å². The highest BCUT2D eigenvalue weighted by Gasteiger charge is 2.09. The molecule has 1 aromatic heterocycles. The molecule has 0 amide bonds. The minimum atomic E-state index is -0.654. The van der Waals surface area contributed by atoms with Crippen LogP contribution in [0.4, 0.5) is 0 Å². The van der Waals surface area contributed by atoms with Gasteiger partial charge in [-0.05, 0) is 56.2 Å². The third kappa shape index (κ3) is 7.79. The number of benzene rings is 2. The molecule has 172 valence electrons. The Morgan fingerprint density at radius 1 is 1.09 bits per heavy atom. The summed E-state index contributed by atoms with van der Waals surface area (Å²) < 4.78 is 7.36. The molecule has 0 saturated heterocycles. The number of aliphatic imine (C=N–C) groups is 1. The van der Waals surface area contributed by atoms with Crippen LogP contribution in [0, 0.1) is 0 Å². The van der Waals surface area contributed by atoms with Crippen molar-refractivity contribution < 1.29 is 9.84 Å². The Morgan fingerprint density at radius 2 is 1.81 bits per heavy atom. The number of ether oxygens (including phenoxy) is 1. The minimum Gasteiger partial charge on any atom is -0.491 e. The Balaban J connectivity index is 0.00000363. The fourth-order valence-corrected chi connectivity index (χ4v) is 2.96. The third-order valence-corrected chi connectivity index (χ3v) is 4.48. The minimum absolute atomic E-state index is 0. The predicted octanol–water partition coefficient (Wildman–Crippen LogP) is 3.46. The molecule has 0 radical (unpaired) electrons. The van der Waals surface area contributed by atoms with E-state index in [1.54, 1.807) is 11.0 Å². The largest absolute Gasteiger partial charge is 0.491 e. The van der Waals surface area contributed by atoms with Gasteiger partial charge in [0.1, 0.15) is 18.4 Å². The van der Waals surface area contributed by atoms with Crippen molar-refractivity contribution in [3.63, 3.8) is 0 Å². The molecule has 0 aliphatic heterocycles. The van der Waals surface area contributed by atoms with E-state index in [1.165, 1.54) is 6.33 Å². The first kappa shape index (κ1) is 25.6. The summed E-state index contributed by atoms with van der Waals surface area (Å²) >= 11 is 0. The zero-order chi connectivity index (χ0) is 22.1. The monoisotopic (exact) mass is 550 g/mol. The average Bonchev–Trinajstić information content (AvgIpc) is 3.31. The van der Waals surface area contributed by atoms with Gasteiger partial charge in [0.15, 0.2) is 5.96 Å². The number of hydrogen-bond donors (Lipinski definition) is 3. The molecule has 0 aliphatic rings. The van der Waals surface area contributed by atoms with Crippen molar-refractivity contribution in [1.82, 2.24) is 25.4 Å². The summed E-state index contributed by atoms with van der Waals surface area (Å²) in [5, 5.41) is 21.1. The molecule has 0 fully saturated rings. The average molecular weight is 550 g/mol. The summed E-state index contributed by atoms with van der Waals surface area (Å²) in [6.45, 7) is 7.58. The van der Waals surface area contributed by atoms with Gasteiger partial charge in [0.25, 0.3) is 0 Å². The molecular weight excluding hydrogens is 519 g/mol. The lowest BCUT2D eigenvalue weighted by molar-refractivity contribution is 0.180. The summed E-state index contributed by atoms with van der Waals surface area (Å²) in [7, 11) is 0. The van der Waals surface area contributed by atoms with Crippen LogP contribution in [-0.2, 0) is 6.54 Å². The van der Waals surface area contributed by atoms with Crippen LogP contribution in [0.25, 0.3) is 5.69 Å². The molecule has 2 aromatic carbocycles. The first-order chi connectivity index (χ1) is 15.0. The summed E-state index contributed by atoms with van der Waals surface area (Å²) in [5.74, 6) is 1.45. The molecule has 32 heavy (non-hydrogen) atoms. The number of aliphatic hydroxyl groups is 1. The molecule has 3 rings (SSSR count). The van der Waals surface area contributed by atoms with Crippen LogP contribution >= 0.6 is 24.0 Å². The molecular formula is C23H31IN6O2. The second-order valence-electron chi connectivity index (χ2n) is 7.33. The van der Waals surface area contributed by atoms with Crippen LogP contribution in [0.5, 0.6) is 5.75 Å². The second kappa shape index (κ2) is 13.0. The number of aliphatic hydroxyl groups excluding tert-OH is 1. The summed E-state index contributed by atoms with van der Waals surface area (Å²) in [4.78, 5) is 8.58. The van der Waals surface area contributed by atoms with E-state index in [0.29, 0.717) is 19.0 Å². The molecule has 0 spiro atoms. The first-order valence-electron chi connectivity index (χ1n) is 10.5. The van der Waals surface area contributed by atoms with Crippen molar-refractivity contribution in [2.45, 2.75) is 39.5 Å². The number of halogens is 1. The van der Waals surface area contributed by atoms with E-state index in [9.17, 15) is 5.11 Å². The number of nitrogens with one attached hydrogen (secondary N) is 2. The van der Waals surface area contributed by atoms with Crippen molar-refractivity contribution in [1.29, 1.82) is 0 Å². The fraction of sp³-hybridized carbons (Fsp3) is 0.348. The number of guanidine groups is 1. The normalized spacial score (nSPS) is 12.2. The van der Waals surface area contributed by atoms with Crippen LogP contribution in [0.2, 0.25) is 0 Å². The topological polar surface area (TPSA) is 96.6 Å². The number of hydrogen-bond acceptors (Lipinski definition) is 5. The van der Waals surface area contributed by atoms with Gasteiger partial charge in [0.05, 0.1) is 24.4 Å². The smallest absolute Gasteiger partial charge is 0.191 e. The lowest BCUT2D eigenvalue weighted by atomic mass is 10.1. The number of aromatic nitrogens is 3. The lowest BCUT2D eigenvalue weighted by Gasteiger charge is -2.16. The molecule has 1 atom stereocenters. The van der Waals surface area contributed by atoms with Gasteiger partial charge in [0.2, 0.25) is 0 Å². The van der Waals surface area contributed by atoms with Crippen LogP contribution in [0.1, 0.15) is 38.0 Å². The van der Waals surface area contributed by atoms with Gasteiger partial charge >= 0.3 is 0 Å². The fourth-order valence-electron chi connectivity index (χ4n) is 2.96. The van der Waals surface area contributed by atoms with Crippen molar-refractivity contribution in [2.75, 3.05) is 13.1 Å². The van der Waals surface area contributed by atoms with Crippen LogP contribution in [-0.4, -0.2) is 45.0 Å². The zero-order valence-electron chi connectivity index (χ0n) is 18.6. The Bertz CT molecular complexity index is 944. The van der Waals surface area contributed by atoms with Gasteiger partial charge in [0, 0.05) is 13.1 Å². The van der Waals surface area contributed by atoms with E-state index < -0.39 is 6.10 Å². The molecule has 9 heteroatoms. The standard InChI is InChI=1S/C23H30N6O2.HI/c1-4-25-23(26-13-18-5-9-20(10-6-18)29-16-24-15-28-29)27-14-22(30)19-7-11-21(12-8-19)31-17(2)3;/h5-12,15-17,22,30H,4,13-14H2,1-3H3,(H2,25,26,27);1H. The van der Waals surface area contributed by atoms with Gasteiger partial charge in [-0.15, -0.1) is 24.0 Å². The van der Waals surface area contributed by atoms with Crippen molar-refractivity contribution in [3.8, 4) is 11.4 Å². The Labute approximate surface area is 206 Å². The second-order valence-corrected chi connectivity index (χ2v) is 7.33. The van der Waals surface area contributed by atoms with E-state index in [1.807, 2.05) is 69.3 Å². The zero-order valence-corrected chi connectivity index (χ0v) is 20.9. The van der Waals surface area contributed by atoms with E-state index >= 15 is 0 Å². The number of rotatable bonds is 9. The molecule has 8 nitrogen and oxygen atoms in total. The van der Waals surface area contributed by atoms with E-state index in [-0.39, 0.29) is 30.1 Å². The molecule has 1 heterocycles. The summed E-state index contributed by atoms with van der Waals surface area (Å²) in [5.41, 5.74) is 2.84. The van der Waals surface area contributed by atoms with Gasteiger partial charge in [-0.25, -0.2) is 14.7 Å². The third-order valence-electron chi connectivity index (χ3n) is 4.48. The maximum Gasteiger partial charge on any atom is 0.191 e. The molecule has 3 aromatic rings. The van der Waals surface area contributed by atoms with Crippen LogP contribution < -0.4 is 15.4 Å². The Hall–Kier alpha value is -2.66. The maximum absolute atomic E-state index is 10.5. The highest BCUT2D eigenvalue weighted by Crippen LogP contribution is 2.18. The van der Waals surface area contributed by atoms with E-state index in [2.05, 4.69) is 25.7 Å². The maximum atomic E-state index is 10.5. The van der Waals surface area contributed by atoms with E-state index in [4.69, 9.17) is 4.74 Å². The van der Waals surface area contributed by atoms with Gasteiger partial charge in [-0.1, -0.05) is 24.3 Å².